The molecule has 86 valence electrons. The molecule has 4 rings (SSSR count). The van der Waals surface area contributed by atoms with Crippen molar-refractivity contribution in [2.75, 3.05) is 0 Å². The summed E-state index contributed by atoms with van der Waals surface area (Å²) in [6.45, 7) is 0. The second-order valence-corrected chi connectivity index (χ2v) is 4.64. The molecule has 0 N–H and O–H groups in total. The van der Waals surface area contributed by atoms with Gasteiger partial charge in [0.2, 0.25) is 0 Å². The van der Waals surface area contributed by atoms with Crippen molar-refractivity contribution in [3.63, 3.8) is 0 Å². The zero-order valence-corrected chi connectivity index (χ0v) is 10.1. The van der Waals surface area contributed by atoms with Crippen LogP contribution in [0.1, 0.15) is 0 Å². The van der Waals surface area contributed by atoms with Crippen LogP contribution in [0.25, 0.3) is 32.8 Å². The Balaban J connectivity index is 2.38. The van der Waals surface area contributed by atoms with Crippen LogP contribution >= 0.6 is 11.6 Å². The molecule has 2 aromatic carbocycles. The van der Waals surface area contributed by atoms with Crippen LogP contribution in [-0.2, 0) is 0 Å². The molecule has 0 aliphatic carbocycles. The lowest BCUT2D eigenvalue weighted by Gasteiger charge is -1.99. The summed E-state index contributed by atoms with van der Waals surface area (Å²) >= 11 is 6.36. The van der Waals surface area contributed by atoms with E-state index in [1.54, 1.807) is 6.20 Å². The minimum atomic E-state index is 0.682. The van der Waals surface area contributed by atoms with Gasteiger partial charge in [-0.15, -0.1) is 0 Å². The van der Waals surface area contributed by atoms with Gasteiger partial charge in [-0.3, -0.25) is 4.98 Å². The quantitative estimate of drug-likeness (QED) is 0.450. The highest BCUT2D eigenvalue weighted by molar-refractivity contribution is 6.39. The summed E-state index contributed by atoms with van der Waals surface area (Å²) in [4.78, 5) is 4.32. The van der Waals surface area contributed by atoms with Gasteiger partial charge in [0.1, 0.15) is 11.2 Å². The maximum absolute atomic E-state index is 6.36. The Kier molecular flexibility index (Phi) is 1.91. The van der Waals surface area contributed by atoms with Crippen LogP contribution in [0.4, 0.5) is 0 Å². The van der Waals surface area contributed by atoms with Crippen LogP contribution < -0.4 is 0 Å². The Bertz CT molecular complexity index is 895. The molecule has 0 fully saturated rings. The first-order chi connectivity index (χ1) is 8.84. The predicted molar refractivity (Wildman–Crippen MR) is 74.0 cm³/mol. The topological polar surface area (TPSA) is 26.0 Å². The molecule has 0 saturated carbocycles. The summed E-state index contributed by atoms with van der Waals surface area (Å²) < 4.78 is 5.92. The van der Waals surface area contributed by atoms with Crippen molar-refractivity contribution in [2.24, 2.45) is 0 Å². The van der Waals surface area contributed by atoms with Gasteiger partial charge in [0.05, 0.1) is 10.5 Å². The highest BCUT2D eigenvalue weighted by Gasteiger charge is 2.13. The molecule has 2 aromatic heterocycles. The Labute approximate surface area is 108 Å². The summed E-state index contributed by atoms with van der Waals surface area (Å²) in [7, 11) is 0. The van der Waals surface area contributed by atoms with Crippen LogP contribution in [0.3, 0.4) is 0 Å². The van der Waals surface area contributed by atoms with Gasteiger partial charge in [0.15, 0.2) is 0 Å². The molecule has 0 aliphatic rings. The van der Waals surface area contributed by atoms with Gasteiger partial charge in [0, 0.05) is 22.4 Å². The van der Waals surface area contributed by atoms with Crippen LogP contribution in [-0.4, -0.2) is 4.98 Å². The van der Waals surface area contributed by atoms with Crippen LogP contribution in [0, 0.1) is 0 Å². The van der Waals surface area contributed by atoms with Gasteiger partial charge < -0.3 is 4.42 Å². The van der Waals surface area contributed by atoms with E-state index in [1.165, 1.54) is 0 Å². The second kappa shape index (κ2) is 3.47. The Hall–Kier alpha value is -2.06. The molecule has 0 atom stereocenters. The Morgan fingerprint density at radius 2 is 1.83 bits per heavy atom. The van der Waals surface area contributed by atoms with Crippen LogP contribution in [0.2, 0.25) is 5.02 Å². The molecular formula is C15H8ClNO. The number of fused-ring (bicyclic) bond motifs is 5. The summed E-state index contributed by atoms with van der Waals surface area (Å²) in [5.74, 6) is 0. The number of halogens is 1. The third kappa shape index (κ3) is 1.21. The molecule has 18 heavy (non-hydrogen) atoms. The van der Waals surface area contributed by atoms with Crippen molar-refractivity contribution < 1.29 is 4.42 Å². The number of aromatic nitrogens is 1. The number of pyridine rings is 1. The number of rotatable bonds is 0. The molecule has 0 spiro atoms. The number of benzene rings is 2. The molecule has 4 aromatic rings. The molecule has 0 saturated heterocycles. The standard InChI is InChI=1S/C15H8ClNO/c16-11-8-12-9(5-3-7-17-12)15-14(11)10-4-1-2-6-13(10)18-15/h1-8H. The van der Waals surface area contributed by atoms with E-state index in [2.05, 4.69) is 4.98 Å². The van der Waals surface area contributed by atoms with Gasteiger partial charge in [-0.1, -0.05) is 29.8 Å². The minimum absolute atomic E-state index is 0.682. The van der Waals surface area contributed by atoms with Crippen LogP contribution in [0.5, 0.6) is 0 Å². The number of para-hydroxylation sites is 1. The summed E-state index contributed by atoms with van der Waals surface area (Å²) in [5, 5.41) is 3.69. The first-order valence-electron chi connectivity index (χ1n) is 5.69. The molecule has 0 amide bonds. The van der Waals surface area contributed by atoms with Crippen molar-refractivity contribution in [2.45, 2.75) is 0 Å². The van der Waals surface area contributed by atoms with Gasteiger partial charge in [-0.05, 0) is 24.3 Å². The normalized spacial score (nSPS) is 11.6. The van der Waals surface area contributed by atoms with Gasteiger partial charge in [-0.2, -0.15) is 0 Å². The minimum Gasteiger partial charge on any atom is -0.455 e. The highest BCUT2D eigenvalue weighted by atomic mass is 35.5. The maximum Gasteiger partial charge on any atom is 0.146 e. The molecular weight excluding hydrogens is 246 g/mol. The molecule has 0 unspecified atom stereocenters. The lowest BCUT2D eigenvalue weighted by molar-refractivity contribution is 0.672. The molecule has 0 bridgehead atoms. The average Bonchev–Trinajstić information content (AvgIpc) is 2.79. The maximum atomic E-state index is 6.36. The van der Waals surface area contributed by atoms with Crippen molar-refractivity contribution in [3.05, 3.63) is 53.7 Å². The largest absolute Gasteiger partial charge is 0.455 e. The lowest BCUT2D eigenvalue weighted by Crippen LogP contribution is -1.79. The molecule has 2 heterocycles. The number of hydrogen-bond acceptors (Lipinski definition) is 2. The van der Waals surface area contributed by atoms with E-state index in [1.807, 2.05) is 42.5 Å². The van der Waals surface area contributed by atoms with Crippen LogP contribution in [0.15, 0.2) is 53.1 Å². The third-order valence-electron chi connectivity index (χ3n) is 3.18. The fourth-order valence-electron chi connectivity index (χ4n) is 2.39. The lowest BCUT2D eigenvalue weighted by atomic mass is 10.1. The van der Waals surface area contributed by atoms with Crippen molar-refractivity contribution in [1.29, 1.82) is 0 Å². The molecule has 3 heteroatoms. The second-order valence-electron chi connectivity index (χ2n) is 4.23. The van der Waals surface area contributed by atoms with E-state index in [-0.39, 0.29) is 0 Å². The molecule has 2 nitrogen and oxygen atoms in total. The van der Waals surface area contributed by atoms with Crippen molar-refractivity contribution in [1.82, 2.24) is 4.98 Å². The fourth-order valence-corrected chi connectivity index (χ4v) is 2.68. The van der Waals surface area contributed by atoms with E-state index in [4.69, 9.17) is 16.0 Å². The van der Waals surface area contributed by atoms with Gasteiger partial charge >= 0.3 is 0 Å². The first-order valence-corrected chi connectivity index (χ1v) is 6.07. The molecule has 0 radical (unpaired) electrons. The third-order valence-corrected chi connectivity index (χ3v) is 3.48. The zero-order valence-electron chi connectivity index (χ0n) is 9.35. The fraction of sp³-hybridized carbons (Fsp3) is 0. The highest BCUT2D eigenvalue weighted by Crippen LogP contribution is 2.37. The number of hydrogen-bond donors (Lipinski definition) is 0. The van der Waals surface area contributed by atoms with E-state index in [0.717, 1.165) is 32.8 Å². The first kappa shape index (κ1) is 9.92. The van der Waals surface area contributed by atoms with Gasteiger partial charge in [0.25, 0.3) is 0 Å². The van der Waals surface area contributed by atoms with Crippen molar-refractivity contribution >= 4 is 44.4 Å². The van der Waals surface area contributed by atoms with E-state index in [0.29, 0.717) is 5.02 Å². The Morgan fingerprint density at radius 3 is 2.78 bits per heavy atom. The van der Waals surface area contributed by atoms with E-state index >= 15 is 0 Å². The molecule has 0 aliphatic heterocycles. The number of nitrogens with zero attached hydrogens (tertiary/aromatic N) is 1. The van der Waals surface area contributed by atoms with E-state index < -0.39 is 0 Å². The van der Waals surface area contributed by atoms with E-state index in [9.17, 15) is 0 Å². The van der Waals surface area contributed by atoms with Gasteiger partial charge in [-0.25, -0.2) is 0 Å². The zero-order chi connectivity index (χ0) is 12.1. The SMILES string of the molecule is Clc1cc2ncccc2c2oc3ccccc3c12. The smallest absolute Gasteiger partial charge is 0.146 e. The summed E-state index contributed by atoms with van der Waals surface area (Å²) in [6.07, 6.45) is 1.76. The predicted octanol–water partition coefficient (Wildman–Crippen LogP) is 4.79. The summed E-state index contributed by atoms with van der Waals surface area (Å²) in [6, 6.07) is 13.7. The Morgan fingerprint density at radius 1 is 1.00 bits per heavy atom. The monoisotopic (exact) mass is 253 g/mol. The average molecular weight is 254 g/mol. The number of furan rings is 1. The summed E-state index contributed by atoms with van der Waals surface area (Å²) in [5.41, 5.74) is 2.52. The van der Waals surface area contributed by atoms with Crippen molar-refractivity contribution in [3.8, 4) is 0 Å².